The Balaban J connectivity index is 1.57. The second kappa shape index (κ2) is 9.87. The van der Waals surface area contributed by atoms with Gasteiger partial charge in [-0.25, -0.2) is 13.6 Å². The molecule has 1 saturated heterocycles. The van der Waals surface area contributed by atoms with Gasteiger partial charge in [-0.15, -0.1) is 0 Å². The Morgan fingerprint density at radius 1 is 0.943 bits per heavy atom. The van der Waals surface area contributed by atoms with Gasteiger partial charge in [0.05, 0.1) is 4.90 Å². The third-order valence-corrected chi connectivity index (χ3v) is 7.07. The number of primary sulfonamides is 1. The minimum atomic E-state index is -3.88. The predicted octanol–water partition coefficient (Wildman–Crippen LogP) is 2.46. The largest absolute Gasteiger partial charge is 0.384 e. The number of anilines is 2. The van der Waals surface area contributed by atoms with Crippen LogP contribution >= 0.6 is 0 Å². The number of carbonyl (C=O) groups excluding carboxylic acids is 1. The molecule has 3 aromatic rings. The van der Waals surface area contributed by atoms with E-state index in [0.717, 1.165) is 0 Å². The minimum absolute atomic E-state index is 0.0402. The number of piperidine rings is 1. The molecule has 1 amide bonds. The fourth-order valence-corrected chi connectivity index (χ4v) is 5.00. The molecular weight excluding hydrogens is 464 g/mol. The quantitative estimate of drug-likeness (QED) is 0.219. The summed E-state index contributed by atoms with van der Waals surface area (Å²) in [6.07, 6.45) is 1.14. The molecule has 0 radical (unpaired) electrons. The third-order valence-electron chi connectivity index (χ3n) is 6.10. The number of benzene rings is 3. The van der Waals surface area contributed by atoms with E-state index in [2.05, 4.69) is 16.0 Å². The van der Waals surface area contributed by atoms with Crippen molar-refractivity contribution in [2.75, 3.05) is 23.7 Å². The van der Waals surface area contributed by atoms with Crippen molar-refractivity contribution in [2.45, 2.75) is 23.3 Å². The van der Waals surface area contributed by atoms with E-state index in [1.165, 1.54) is 6.07 Å². The smallest absolute Gasteiger partial charge is 0.250 e. The zero-order valence-corrected chi connectivity index (χ0v) is 19.9. The Morgan fingerprint density at radius 3 is 2.29 bits per heavy atom. The highest BCUT2D eigenvalue weighted by Gasteiger charge is 2.39. The third kappa shape index (κ3) is 5.51. The molecule has 3 aromatic carbocycles. The summed E-state index contributed by atoms with van der Waals surface area (Å²) in [5, 5.41) is 22.7. The van der Waals surface area contributed by atoms with Gasteiger partial charge in [-0.3, -0.25) is 10.2 Å². The monoisotopic (exact) mass is 492 g/mol. The molecule has 9 nitrogen and oxygen atoms in total. The standard InChI is InChI=1S/C25H28N6O3S/c26-23(27)18-4-3-5-20(16-18)31-25(12-14-29-15-13-25)24(32)30-19-10-8-17(9-11-19)21-6-1-2-7-22(21)35(28,33)34/h1-11,16,29,31H,12-15H2,(H3,26,27)(H,30,32)(H2,28,33,34). The molecule has 1 fully saturated rings. The molecule has 0 aliphatic carbocycles. The van der Waals surface area contributed by atoms with Gasteiger partial charge in [0.1, 0.15) is 11.4 Å². The van der Waals surface area contributed by atoms with Crippen LogP contribution in [0.4, 0.5) is 11.4 Å². The van der Waals surface area contributed by atoms with E-state index in [1.807, 2.05) is 6.07 Å². The zero-order valence-electron chi connectivity index (χ0n) is 19.0. The van der Waals surface area contributed by atoms with Gasteiger partial charge in [0.2, 0.25) is 15.9 Å². The molecular formula is C25H28N6O3S. The molecule has 10 heteroatoms. The van der Waals surface area contributed by atoms with Gasteiger partial charge >= 0.3 is 0 Å². The van der Waals surface area contributed by atoms with Crippen molar-refractivity contribution in [2.24, 2.45) is 10.9 Å². The van der Waals surface area contributed by atoms with Crippen LogP contribution in [-0.4, -0.2) is 38.8 Å². The highest BCUT2D eigenvalue weighted by molar-refractivity contribution is 7.89. The number of hydrogen-bond donors (Lipinski definition) is 6. The number of sulfonamides is 1. The van der Waals surface area contributed by atoms with E-state index in [0.29, 0.717) is 54.0 Å². The van der Waals surface area contributed by atoms with Crippen molar-refractivity contribution < 1.29 is 13.2 Å². The molecule has 4 rings (SSSR count). The van der Waals surface area contributed by atoms with Gasteiger partial charge < -0.3 is 21.7 Å². The van der Waals surface area contributed by atoms with E-state index in [1.54, 1.807) is 60.7 Å². The zero-order chi connectivity index (χ0) is 25.1. The molecule has 0 atom stereocenters. The highest BCUT2D eigenvalue weighted by Crippen LogP contribution is 2.30. The predicted molar refractivity (Wildman–Crippen MR) is 138 cm³/mol. The lowest BCUT2D eigenvalue weighted by Gasteiger charge is -2.38. The molecule has 0 unspecified atom stereocenters. The first-order chi connectivity index (χ1) is 16.7. The van der Waals surface area contributed by atoms with E-state index in [9.17, 15) is 13.2 Å². The van der Waals surface area contributed by atoms with Gasteiger partial charge in [0.15, 0.2) is 0 Å². The second-order valence-electron chi connectivity index (χ2n) is 8.52. The number of amides is 1. The average molecular weight is 493 g/mol. The number of nitrogen functional groups attached to an aromatic ring is 1. The van der Waals surface area contributed by atoms with Gasteiger partial charge in [-0.05, 0) is 61.8 Å². The highest BCUT2D eigenvalue weighted by atomic mass is 32.2. The van der Waals surface area contributed by atoms with Crippen LogP contribution in [0.25, 0.3) is 11.1 Å². The molecule has 8 N–H and O–H groups in total. The maximum atomic E-state index is 13.5. The first kappa shape index (κ1) is 24.4. The SMILES string of the molecule is N=C(N)c1cccc(NC2(C(=O)Nc3ccc(-c4ccccc4S(N)(=O)=O)cc3)CCNCC2)c1. The number of nitrogens with one attached hydrogen (secondary N) is 4. The number of nitrogens with two attached hydrogens (primary N) is 2. The number of rotatable bonds is 7. The minimum Gasteiger partial charge on any atom is -0.384 e. The van der Waals surface area contributed by atoms with Gasteiger partial charge in [0.25, 0.3) is 0 Å². The molecule has 182 valence electrons. The number of amidine groups is 1. The molecule has 35 heavy (non-hydrogen) atoms. The summed E-state index contributed by atoms with van der Waals surface area (Å²) in [4.78, 5) is 13.5. The maximum Gasteiger partial charge on any atom is 0.250 e. The Kier molecular flexibility index (Phi) is 6.88. The molecule has 0 saturated carbocycles. The number of carbonyl (C=O) groups is 1. The second-order valence-corrected chi connectivity index (χ2v) is 10.1. The molecule has 0 aromatic heterocycles. The van der Waals surface area contributed by atoms with Crippen LogP contribution < -0.4 is 26.8 Å². The van der Waals surface area contributed by atoms with E-state index in [-0.39, 0.29) is 16.6 Å². The molecule has 1 aliphatic rings. The van der Waals surface area contributed by atoms with Crippen LogP contribution in [0.15, 0.2) is 77.7 Å². The van der Waals surface area contributed by atoms with Crippen molar-refractivity contribution in [1.29, 1.82) is 5.41 Å². The van der Waals surface area contributed by atoms with Gasteiger partial charge in [0, 0.05) is 22.5 Å². The van der Waals surface area contributed by atoms with Crippen molar-refractivity contribution in [3.63, 3.8) is 0 Å². The topological polar surface area (TPSA) is 163 Å². The van der Waals surface area contributed by atoms with Crippen LogP contribution in [0.5, 0.6) is 0 Å². The Hall–Kier alpha value is -3.73. The Morgan fingerprint density at radius 2 is 1.63 bits per heavy atom. The summed E-state index contributed by atoms with van der Waals surface area (Å²) in [7, 11) is -3.88. The fourth-order valence-electron chi connectivity index (χ4n) is 4.24. The summed E-state index contributed by atoms with van der Waals surface area (Å²) in [5.41, 5.74) is 7.82. The van der Waals surface area contributed by atoms with Crippen molar-refractivity contribution in [3.8, 4) is 11.1 Å². The van der Waals surface area contributed by atoms with Crippen LogP contribution in [0.1, 0.15) is 18.4 Å². The Bertz CT molecular complexity index is 1350. The lowest BCUT2D eigenvalue weighted by molar-refractivity contribution is -0.121. The lowest BCUT2D eigenvalue weighted by Crippen LogP contribution is -2.55. The lowest BCUT2D eigenvalue weighted by atomic mass is 9.86. The first-order valence-corrected chi connectivity index (χ1v) is 12.7. The molecule has 0 bridgehead atoms. The summed E-state index contributed by atoms with van der Waals surface area (Å²) in [6.45, 7) is 1.35. The normalized spacial score (nSPS) is 15.2. The summed E-state index contributed by atoms with van der Waals surface area (Å²) >= 11 is 0. The van der Waals surface area contributed by atoms with Crippen molar-refractivity contribution >= 4 is 33.1 Å². The van der Waals surface area contributed by atoms with Crippen LogP contribution in [-0.2, 0) is 14.8 Å². The van der Waals surface area contributed by atoms with Crippen LogP contribution in [0.2, 0.25) is 0 Å². The van der Waals surface area contributed by atoms with Gasteiger partial charge in [-0.2, -0.15) is 0 Å². The van der Waals surface area contributed by atoms with E-state index >= 15 is 0 Å². The van der Waals surface area contributed by atoms with E-state index < -0.39 is 15.6 Å². The molecule has 1 heterocycles. The average Bonchev–Trinajstić information content (AvgIpc) is 2.85. The fraction of sp³-hybridized carbons (Fsp3) is 0.200. The Labute approximate surface area is 204 Å². The van der Waals surface area contributed by atoms with Gasteiger partial charge in [-0.1, -0.05) is 42.5 Å². The molecule has 1 aliphatic heterocycles. The number of hydrogen-bond acceptors (Lipinski definition) is 6. The maximum absolute atomic E-state index is 13.5. The van der Waals surface area contributed by atoms with Crippen molar-refractivity contribution in [3.05, 3.63) is 78.4 Å². The van der Waals surface area contributed by atoms with Crippen LogP contribution in [0.3, 0.4) is 0 Å². The van der Waals surface area contributed by atoms with E-state index in [4.69, 9.17) is 16.3 Å². The van der Waals surface area contributed by atoms with Crippen molar-refractivity contribution in [1.82, 2.24) is 5.32 Å². The molecule has 0 spiro atoms. The first-order valence-electron chi connectivity index (χ1n) is 11.2. The summed E-state index contributed by atoms with van der Waals surface area (Å²) in [5.74, 6) is -0.216. The summed E-state index contributed by atoms with van der Waals surface area (Å²) < 4.78 is 23.9. The summed E-state index contributed by atoms with van der Waals surface area (Å²) in [6, 6.07) is 20.6. The van der Waals surface area contributed by atoms with Crippen LogP contribution in [0, 0.1) is 5.41 Å².